The standard InChI is InChI=1S/C27H25N3O4/c1-4-28(17-20-8-6-5-7-9-20)25-24(21-11-14-22(15-12-21)30(33)34)26(31)29(27(25)32)23-13-10-18(2)19(3)16-23/h5-16H,4,17H2,1-3H3. The largest absolute Gasteiger partial charge is 0.362 e. The average molecular weight is 456 g/mol. The number of nitrogens with zero attached hydrogens (tertiary/aromatic N) is 3. The fourth-order valence-electron chi connectivity index (χ4n) is 4.07. The first-order valence-corrected chi connectivity index (χ1v) is 11.1. The molecule has 4 rings (SSSR count). The van der Waals surface area contributed by atoms with E-state index in [4.69, 9.17) is 0 Å². The van der Waals surface area contributed by atoms with Gasteiger partial charge in [-0.1, -0.05) is 36.4 Å². The van der Waals surface area contributed by atoms with Crippen molar-refractivity contribution in [3.63, 3.8) is 0 Å². The molecular weight excluding hydrogens is 430 g/mol. The van der Waals surface area contributed by atoms with Gasteiger partial charge in [0.25, 0.3) is 17.5 Å². The SMILES string of the molecule is CCN(Cc1ccccc1)C1=C(c2ccc([N+](=O)[O-])cc2)C(=O)N(c2ccc(C)c(C)c2)C1=O. The molecule has 0 spiro atoms. The second-order valence-electron chi connectivity index (χ2n) is 8.24. The molecule has 0 radical (unpaired) electrons. The number of anilines is 1. The van der Waals surface area contributed by atoms with Crippen molar-refractivity contribution in [1.29, 1.82) is 0 Å². The summed E-state index contributed by atoms with van der Waals surface area (Å²) in [6, 6.07) is 21.0. The summed E-state index contributed by atoms with van der Waals surface area (Å²) in [6.07, 6.45) is 0. The zero-order valence-corrected chi connectivity index (χ0v) is 19.3. The number of hydrogen-bond acceptors (Lipinski definition) is 5. The van der Waals surface area contributed by atoms with Crippen molar-refractivity contribution in [2.24, 2.45) is 0 Å². The lowest BCUT2D eigenvalue weighted by Crippen LogP contribution is -2.35. The Hall–Kier alpha value is -4.26. The van der Waals surface area contributed by atoms with E-state index < -0.39 is 16.7 Å². The van der Waals surface area contributed by atoms with Gasteiger partial charge in [-0.25, -0.2) is 4.90 Å². The number of non-ortho nitro benzene ring substituents is 1. The molecule has 7 heteroatoms. The third-order valence-corrected chi connectivity index (χ3v) is 6.09. The number of hydrogen-bond donors (Lipinski definition) is 0. The summed E-state index contributed by atoms with van der Waals surface area (Å²) in [6.45, 7) is 6.78. The molecule has 1 heterocycles. The highest BCUT2D eigenvalue weighted by molar-refractivity contribution is 6.45. The van der Waals surface area contributed by atoms with Crippen LogP contribution in [-0.2, 0) is 16.1 Å². The average Bonchev–Trinajstić information content (AvgIpc) is 3.09. The minimum absolute atomic E-state index is 0.0784. The maximum absolute atomic E-state index is 13.8. The van der Waals surface area contributed by atoms with E-state index in [0.29, 0.717) is 30.0 Å². The molecule has 34 heavy (non-hydrogen) atoms. The number of benzene rings is 3. The zero-order chi connectivity index (χ0) is 24.4. The predicted octanol–water partition coefficient (Wildman–Crippen LogP) is 5.02. The van der Waals surface area contributed by atoms with Crippen LogP contribution in [0.5, 0.6) is 0 Å². The van der Waals surface area contributed by atoms with Crippen molar-refractivity contribution in [1.82, 2.24) is 4.90 Å². The lowest BCUT2D eigenvalue weighted by atomic mass is 10.0. The molecule has 3 aromatic carbocycles. The Kier molecular flexibility index (Phi) is 6.27. The first-order valence-electron chi connectivity index (χ1n) is 11.1. The number of nitro groups is 1. The summed E-state index contributed by atoms with van der Waals surface area (Å²) in [4.78, 5) is 41.2. The Morgan fingerprint density at radius 3 is 2.15 bits per heavy atom. The fraction of sp³-hybridized carbons (Fsp3) is 0.185. The van der Waals surface area contributed by atoms with Gasteiger partial charge in [-0.3, -0.25) is 19.7 Å². The van der Waals surface area contributed by atoms with E-state index in [1.54, 1.807) is 6.07 Å². The molecule has 0 atom stereocenters. The van der Waals surface area contributed by atoms with Crippen molar-refractivity contribution in [3.05, 3.63) is 111 Å². The monoisotopic (exact) mass is 455 g/mol. The molecule has 0 aliphatic carbocycles. The fourth-order valence-corrected chi connectivity index (χ4v) is 4.07. The first-order chi connectivity index (χ1) is 16.3. The highest BCUT2D eigenvalue weighted by Crippen LogP contribution is 2.36. The molecule has 2 amide bonds. The van der Waals surface area contributed by atoms with Crippen molar-refractivity contribution >= 4 is 28.8 Å². The van der Waals surface area contributed by atoms with Gasteiger partial charge in [0, 0.05) is 25.2 Å². The van der Waals surface area contributed by atoms with Crippen LogP contribution in [0.4, 0.5) is 11.4 Å². The van der Waals surface area contributed by atoms with E-state index in [1.807, 2.05) is 68.1 Å². The van der Waals surface area contributed by atoms with Crippen molar-refractivity contribution in [2.45, 2.75) is 27.3 Å². The summed E-state index contributed by atoms with van der Waals surface area (Å²) >= 11 is 0. The Balaban J connectivity index is 1.84. The van der Waals surface area contributed by atoms with Crippen LogP contribution in [0.2, 0.25) is 0 Å². The Morgan fingerprint density at radius 1 is 0.882 bits per heavy atom. The van der Waals surface area contributed by atoms with Crippen molar-refractivity contribution in [2.75, 3.05) is 11.4 Å². The second-order valence-corrected chi connectivity index (χ2v) is 8.24. The normalized spacial score (nSPS) is 13.6. The van der Waals surface area contributed by atoms with Crippen LogP contribution in [0, 0.1) is 24.0 Å². The van der Waals surface area contributed by atoms with Gasteiger partial charge in [-0.05, 0) is 67.3 Å². The van der Waals surface area contributed by atoms with E-state index in [-0.39, 0.29) is 11.3 Å². The van der Waals surface area contributed by atoms with Gasteiger partial charge in [-0.15, -0.1) is 0 Å². The minimum Gasteiger partial charge on any atom is -0.362 e. The maximum atomic E-state index is 13.8. The molecule has 172 valence electrons. The molecule has 1 aliphatic rings. The first kappa shape index (κ1) is 22.9. The van der Waals surface area contributed by atoms with Crippen molar-refractivity contribution < 1.29 is 14.5 Å². The van der Waals surface area contributed by atoms with Crippen LogP contribution in [0.1, 0.15) is 29.2 Å². The highest BCUT2D eigenvalue weighted by atomic mass is 16.6. The smallest absolute Gasteiger partial charge is 0.282 e. The van der Waals surface area contributed by atoms with Crippen molar-refractivity contribution in [3.8, 4) is 0 Å². The van der Waals surface area contributed by atoms with Crippen LogP contribution < -0.4 is 4.90 Å². The van der Waals surface area contributed by atoms with E-state index in [0.717, 1.165) is 16.7 Å². The van der Waals surface area contributed by atoms with Gasteiger partial charge in [0.05, 0.1) is 16.2 Å². The molecule has 0 N–H and O–H groups in total. The van der Waals surface area contributed by atoms with E-state index >= 15 is 0 Å². The molecule has 7 nitrogen and oxygen atoms in total. The van der Waals surface area contributed by atoms with Gasteiger partial charge in [0.1, 0.15) is 5.70 Å². The van der Waals surface area contributed by atoms with E-state index in [2.05, 4.69) is 0 Å². The molecular formula is C27H25N3O4. The van der Waals surface area contributed by atoms with Gasteiger partial charge in [0.2, 0.25) is 0 Å². The summed E-state index contributed by atoms with van der Waals surface area (Å²) < 4.78 is 0. The Labute approximate surface area is 198 Å². The lowest BCUT2D eigenvalue weighted by molar-refractivity contribution is -0.384. The molecule has 0 unspecified atom stereocenters. The number of carbonyl (C=O) groups excluding carboxylic acids is 2. The van der Waals surface area contributed by atoms with Gasteiger partial charge >= 0.3 is 0 Å². The molecule has 0 saturated carbocycles. The quantitative estimate of drug-likeness (QED) is 0.284. The molecule has 0 saturated heterocycles. The van der Waals surface area contributed by atoms with Gasteiger partial charge in [-0.2, -0.15) is 0 Å². The highest BCUT2D eigenvalue weighted by Gasteiger charge is 2.42. The minimum atomic E-state index is -0.490. The van der Waals surface area contributed by atoms with Gasteiger partial charge in [0.15, 0.2) is 0 Å². The number of carbonyl (C=O) groups is 2. The third kappa shape index (κ3) is 4.20. The zero-order valence-electron chi connectivity index (χ0n) is 19.3. The van der Waals surface area contributed by atoms with Crippen LogP contribution in [0.15, 0.2) is 78.5 Å². The number of aryl methyl sites for hydroxylation is 2. The number of rotatable bonds is 7. The predicted molar refractivity (Wildman–Crippen MR) is 131 cm³/mol. The van der Waals surface area contributed by atoms with Crippen LogP contribution >= 0.6 is 0 Å². The summed E-state index contributed by atoms with van der Waals surface area (Å²) in [5.41, 5.74) is 4.47. The lowest BCUT2D eigenvalue weighted by Gasteiger charge is -2.25. The van der Waals surface area contributed by atoms with E-state index in [9.17, 15) is 19.7 Å². The Morgan fingerprint density at radius 2 is 1.56 bits per heavy atom. The third-order valence-electron chi connectivity index (χ3n) is 6.09. The summed E-state index contributed by atoms with van der Waals surface area (Å²) in [5, 5.41) is 11.1. The van der Waals surface area contributed by atoms with Crippen LogP contribution in [0.25, 0.3) is 5.57 Å². The number of amides is 2. The van der Waals surface area contributed by atoms with E-state index in [1.165, 1.54) is 29.2 Å². The molecule has 0 fully saturated rings. The summed E-state index contributed by atoms with van der Waals surface area (Å²) in [5.74, 6) is -0.844. The van der Waals surface area contributed by atoms with Gasteiger partial charge < -0.3 is 4.90 Å². The molecule has 0 aromatic heterocycles. The van der Waals surface area contributed by atoms with Crippen LogP contribution in [-0.4, -0.2) is 28.2 Å². The topological polar surface area (TPSA) is 83.8 Å². The second kappa shape index (κ2) is 9.31. The molecule has 1 aliphatic heterocycles. The number of likely N-dealkylation sites (N-methyl/N-ethyl adjacent to an activating group) is 1. The number of imide groups is 1. The summed E-state index contributed by atoms with van der Waals surface area (Å²) in [7, 11) is 0. The molecule has 3 aromatic rings. The molecule has 0 bridgehead atoms. The Bertz CT molecular complexity index is 1300. The van der Waals surface area contributed by atoms with Crippen LogP contribution in [0.3, 0.4) is 0 Å². The maximum Gasteiger partial charge on any atom is 0.282 e. The number of nitro benzene ring substituents is 1.